The fraction of sp³-hybridized carbons (Fsp3) is 0.263. The predicted octanol–water partition coefficient (Wildman–Crippen LogP) is 3.33. The number of para-hydroxylation sites is 3. The van der Waals surface area contributed by atoms with Crippen molar-refractivity contribution in [2.75, 3.05) is 12.4 Å². The molecular formula is C19H17F3N2O4. The number of anilines is 1. The van der Waals surface area contributed by atoms with Gasteiger partial charge < -0.3 is 19.7 Å². The number of benzene rings is 2. The molecule has 148 valence electrons. The minimum Gasteiger partial charge on any atom is -0.478 e. The fourth-order valence-corrected chi connectivity index (χ4v) is 2.74. The first-order valence-corrected chi connectivity index (χ1v) is 8.37. The number of ether oxygens (including phenoxy) is 2. The van der Waals surface area contributed by atoms with Gasteiger partial charge in [0.15, 0.2) is 6.10 Å². The maximum absolute atomic E-state index is 12.5. The van der Waals surface area contributed by atoms with Crippen LogP contribution in [0.2, 0.25) is 0 Å². The maximum Gasteiger partial charge on any atom is 0.573 e. The second-order valence-electron chi connectivity index (χ2n) is 6.20. The highest BCUT2D eigenvalue weighted by Crippen LogP contribution is 2.30. The Morgan fingerprint density at radius 3 is 2.61 bits per heavy atom. The summed E-state index contributed by atoms with van der Waals surface area (Å²) in [5.74, 6) is -0.843. The van der Waals surface area contributed by atoms with Crippen molar-refractivity contribution in [3.63, 3.8) is 0 Å². The third kappa shape index (κ3) is 4.73. The van der Waals surface area contributed by atoms with Crippen LogP contribution in [-0.4, -0.2) is 36.2 Å². The van der Waals surface area contributed by atoms with E-state index in [1.54, 1.807) is 30.3 Å². The number of carbonyl (C=O) groups is 2. The highest BCUT2D eigenvalue weighted by Gasteiger charge is 2.33. The van der Waals surface area contributed by atoms with E-state index >= 15 is 0 Å². The zero-order chi connectivity index (χ0) is 20.3. The number of fused-ring (bicyclic) bond motifs is 1. The number of amides is 2. The van der Waals surface area contributed by atoms with Crippen LogP contribution in [0, 0.1) is 0 Å². The standard InChI is InChI=1S/C19H17F3N2O4/c1-24(11-12-6-2-4-8-14(12)28-19(20,21)22)17(25)10-16-18(26)23-13-7-3-5-9-15(13)27-16/h2-9,16H,10-11H2,1H3,(H,23,26)/t16-/m0/s1. The summed E-state index contributed by atoms with van der Waals surface area (Å²) in [5.41, 5.74) is 0.706. The Kier molecular flexibility index (Phi) is 5.43. The van der Waals surface area contributed by atoms with Gasteiger partial charge in [-0.15, -0.1) is 13.2 Å². The van der Waals surface area contributed by atoms with Crippen LogP contribution in [0.1, 0.15) is 12.0 Å². The molecule has 2 amide bonds. The summed E-state index contributed by atoms with van der Waals surface area (Å²) in [4.78, 5) is 25.8. The van der Waals surface area contributed by atoms with Gasteiger partial charge in [-0.1, -0.05) is 30.3 Å². The third-order valence-electron chi connectivity index (χ3n) is 4.10. The van der Waals surface area contributed by atoms with E-state index in [0.29, 0.717) is 11.4 Å². The summed E-state index contributed by atoms with van der Waals surface area (Å²) in [6, 6.07) is 12.4. The van der Waals surface area contributed by atoms with Gasteiger partial charge in [0.05, 0.1) is 12.1 Å². The van der Waals surface area contributed by atoms with Crippen molar-refractivity contribution in [3.8, 4) is 11.5 Å². The van der Waals surface area contributed by atoms with Crippen molar-refractivity contribution >= 4 is 17.5 Å². The van der Waals surface area contributed by atoms with Gasteiger partial charge in [0.25, 0.3) is 5.91 Å². The smallest absolute Gasteiger partial charge is 0.478 e. The minimum absolute atomic E-state index is 0.115. The molecule has 0 fully saturated rings. The zero-order valence-electron chi connectivity index (χ0n) is 14.8. The lowest BCUT2D eigenvalue weighted by Crippen LogP contribution is -2.41. The van der Waals surface area contributed by atoms with E-state index in [1.165, 1.54) is 30.1 Å². The highest BCUT2D eigenvalue weighted by atomic mass is 19.4. The number of alkyl halides is 3. The molecule has 2 aromatic carbocycles. The maximum atomic E-state index is 12.5. The third-order valence-corrected chi connectivity index (χ3v) is 4.10. The molecule has 28 heavy (non-hydrogen) atoms. The van der Waals surface area contributed by atoms with E-state index in [2.05, 4.69) is 10.1 Å². The summed E-state index contributed by atoms with van der Waals surface area (Å²) >= 11 is 0. The molecular weight excluding hydrogens is 377 g/mol. The molecule has 0 bridgehead atoms. The Balaban J connectivity index is 1.65. The molecule has 0 aliphatic carbocycles. The number of hydrogen-bond donors (Lipinski definition) is 1. The molecule has 0 saturated carbocycles. The Morgan fingerprint density at radius 1 is 1.18 bits per heavy atom. The first kappa shape index (κ1) is 19.5. The lowest BCUT2D eigenvalue weighted by Gasteiger charge is -2.27. The van der Waals surface area contributed by atoms with Crippen molar-refractivity contribution in [3.05, 3.63) is 54.1 Å². The van der Waals surface area contributed by atoms with Crippen LogP contribution in [0.3, 0.4) is 0 Å². The number of nitrogens with zero attached hydrogens (tertiary/aromatic N) is 1. The summed E-state index contributed by atoms with van der Waals surface area (Å²) in [5, 5.41) is 2.66. The zero-order valence-corrected chi connectivity index (χ0v) is 14.8. The van der Waals surface area contributed by atoms with Crippen molar-refractivity contribution < 1.29 is 32.2 Å². The van der Waals surface area contributed by atoms with Crippen LogP contribution in [0.5, 0.6) is 11.5 Å². The largest absolute Gasteiger partial charge is 0.573 e. The van der Waals surface area contributed by atoms with Crippen molar-refractivity contribution in [1.29, 1.82) is 0 Å². The SMILES string of the molecule is CN(Cc1ccccc1OC(F)(F)F)C(=O)C[C@@H]1Oc2ccccc2NC1=O. The normalized spacial score (nSPS) is 15.9. The average molecular weight is 394 g/mol. The molecule has 9 heteroatoms. The van der Waals surface area contributed by atoms with Crippen molar-refractivity contribution in [1.82, 2.24) is 4.90 Å². The Bertz CT molecular complexity index is 885. The Hall–Kier alpha value is -3.23. The summed E-state index contributed by atoms with van der Waals surface area (Å²) in [6.45, 7) is -0.115. The van der Waals surface area contributed by atoms with Gasteiger partial charge in [-0.3, -0.25) is 9.59 Å². The van der Waals surface area contributed by atoms with Gasteiger partial charge in [0.2, 0.25) is 5.91 Å². The molecule has 1 heterocycles. The first-order chi connectivity index (χ1) is 13.2. The van der Waals surface area contributed by atoms with Crippen molar-refractivity contribution in [2.24, 2.45) is 0 Å². The fourth-order valence-electron chi connectivity index (χ4n) is 2.74. The van der Waals surface area contributed by atoms with Gasteiger partial charge >= 0.3 is 6.36 Å². The molecule has 6 nitrogen and oxygen atoms in total. The van der Waals surface area contributed by atoms with Crippen molar-refractivity contribution in [2.45, 2.75) is 25.4 Å². The Morgan fingerprint density at radius 2 is 1.86 bits per heavy atom. The number of nitrogens with one attached hydrogen (secondary N) is 1. The topological polar surface area (TPSA) is 67.9 Å². The quantitative estimate of drug-likeness (QED) is 0.845. The van der Waals surface area contributed by atoms with E-state index in [-0.39, 0.29) is 24.3 Å². The van der Waals surface area contributed by atoms with Crippen LogP contribution < -0.4 is 14.8 Å². The van der Waals surface area contributed by atoms with Gasteiger partial charge in [-0.25, -0.2) is 0 Å². The molecule has 1 aliphatic heterocycles. The van der Waals surface area contributed by atoms with E-state index in [4.69, 9.17) is 4.74 Å². The first-order valence-electron chi connectivity index (χ1n) is 8.37. The second-order valence-corrected chi connectivity index (χ2v) is 6.20. The van der Waals surface area contributed by atoms with E-state index in [9.17, 15) is 22.8 Å². The van der Waals surface area contributed by atoms with Crippen LogP contribution in [0.25, 0.3) is 0 Å². The molecule has 0 radical (unpaired) electrons. The molecule has 1 aliphatic rings. The average Bonchev–Trinajstić information content (AvgIpc) is 2.62. The van der Waals surface area contributed by atoms with Gasteiger partial charge in [-0.05, 0) is 18.2 Å². The van der Waals surface area contributed by atoms with E-state index in [0.717, 1.165) is 0 Å². The molecule has 0 spiro atoms. The lowest BCUT2D eigenvalue weighted by atomic mass is 10.1. The van der Waals surface area contributed by atoms with E-state index in [1.807, 2.05) is 0 Å². The molecule has 3 rings (SSSR count). The predicted molar refractivity (Wildman–Crippen MR) is 93.7 cm³/mol. The highest BCUT2D eigenvalue weighted by molar-refractivity contribution is 5.99. The van der Waals surface area contributed by atoms with Crippen LogP contribution in [0.4, 0.5) is 18.9 Å². The van der Waals surface area contributed by atoms with Crippen LogP contribution in [0.15, 0.2) is 48.5 Å². The molecule has 1 N–H and O–H groups in total. The number of halogens is 3. The molecule has 2 aromatic rings. The van der Waals surface area contributed by atoms with Gasteiger partial charge in [0, 0.05) is 19.2 Å². The Labute approximate surface area is 158 Å². The van der Waals surface area contributed by atoms with Crippen LogP contribution >= 0.6 is 0 Å². The van der Waals surface area contributed by atoms with Crippen LogP contribution in [-0.2, 0) is 16.1 Å². The molecule has 0 aromatic heterocycles. The minimum atomic E-state index is -4.83. The summed E-state index contributed by atoms with van der Waals surface area (Å²) < 4.78 is 47.1. The van der Waals surface area contributed by atoms with Gasteiger partial charge in [-0.2, -0.15) is 0 Å². The van der Waals surface area contributed by atoms with E-state index < -0.39 is 24.3 Å². The lowest BCUT2D eigenvalue weighted by molar-refractivity contribution is -0.275. The summed E-state index contributed by atoms with van der Waals surface area (Å²) in [6.07, 6.45) is -6.11. The number of carbonyl (C=O) groups excluding carboxylic acids is 2. The summed E-state index contributed by atoms with van der Waals surface area (Å²) in [7, 11) is 1.43. The number of hydrogen-bond acceptors (Lipinski definition) is 4. The molecule has 0 saturated heterocycles. The second kappa shape index (κ2) is 7.79. The molecule has 0 unspecified atom stereocenters. The van der Waals surface area contributed by atoms with Gasteiger partial charge in [0.1, 0.15) is 11.5 Å². The monoisotopic (exact) mass is 394 g/mol. The molecule has 1 atom stereocenters. The number of rotatable bonds is 5.